The molecule has 0 radical (unpaired) electrons. The molecule has 4 nitrogen and oxygen atoms in total. The van der Waals surface area contributed by atoms with Crippen molar-refractivity contribution in [1.82, 2.24) is 10.2 Å². The number of rotatable bonds is 7. The van der Waals surface area contributed by atoms with Gasteiger partial charge in [0.05, 0.1) is 0 Å². The molecule has 130 valence electrons. The van der Waals surface area contributed by atoms with Gasteiger partial charge in [-0.25, -0.2) is 4.79 Å². The lowest BCUT2D eigenvalue weighted by Gasteiger charge is -2.27. The maximum Gasteiger partial charge on any atom is 0.410 e. The molecule has 0 fully saturated rings. The molecule has 5 heteroatoms. The van der Waals surface area contributed by atoms with Crippen molar-refractivity contribution < 1.29 is 9.53 Å². The van der Waals surface area contributed by atoms with E-state index in [-0.39, 0.29) is 12.1 Å². The van der Waals surface area contributed by atoms with E-state index in [9.17, 15) is 4.79 Å². The van der Waals surface area contributed by atoms with E-state index in [1.54, 1.807) is 4.90 Å². The predicted molar refractivity (Wildman–Crippen MR) is 98.7 cm³/mol. The Morgan fingerprint density at radius 2 is 2.04 bits per heavy atom. The highest BCUT2D eigenvalue weighted by Crippen LogP contribution is 2.17. The number of amides is 1. The molecular weight excluding hydrogens is 356 g/mol. The Morgan fingerprint density at radius 1 is 1.35 bits per heavy atom. The average molecular weight is 385 g/mol. The molecule has 1 aromatic rings. The fourth-order valence-electron chi connectivity index (χ4n) is 2.20. The maximum atomic E-state index is 12.2. The van der Waals surface area contributed by atoms with Crippen molar-refractivity contribution in [2.45, 2.75) is 52.7 Å². The van der Waals surface area contributed by atoms with Crippen LogP contribution in [-0.2, 0) is 4.74 Å². The van der Waals surface area contributed by atoms with Crippen molar-refractivity contribution in [2.24, 2.45) is 0 Å². The van der Waals surface area contributed by atoms with Crippen molar-refractivity contribution in [3.05, 3.63) is 34.3 Å². The largest absolute Gasteiger partial charge is 0.444 e. The Kier molecular flexibility index (Phi) is 8.06. The molecule has 1 amide bonds. The zero-order valence-corrected chi connectivity index (χ0v) is 16.4. The zero-order chi connectivity index (χ0) is 17.5. The van der Waals surface area contributed by atoms with Gasteiger partial charge in [-0.05, 0) is 51.8 Å². The minimum Gasteiger partial charge on any atom is -0.444 e. The molecule has 0 saturated carbocycles. The first-order valence-electron chi connectivity index (χ1n) is 8.19. The summed E-state index contributed by atoms with van der Waals surface area (Å²) >= 11 is 3.49. The first kappa shape index (κ1) is 20.0. The number of nitrogens with zero attached hydrogens (tertiary/aromatic N) is 1. The van der Waals surface area contributed by atoms with Gasteiger partial charge >= 0.3 is 6.09 Å². The van der Waals surface area contributed by atoms with Crippen molar-refractivity contribution in [1.29, 1.82) is 0 Å². The van der Waals surface area contributed by atoms with Crippen LogP contribution in [0.3, 0.4) is 0 Å². The first-order chi connectivity index (χ1) is 10.7. The number of carbonyl (C=O) groups is 1. The molecule has 0 aliphatic carbocycles. The van der Waals surface area contributed by atoms with Crippen LogP contribution in [0.2, 0.25) is 0 Å². The fraction of sp³-hybridized carbons (Fsp3) is 0.611. The summed E-state index contributed by atoms with van der Waals surface area (Å²) in [6.45, 7) is 11.9. The molecule has 1 N–H and O–H groups in total. The summed E-state index contributed by atoms with van der Waals surface area (Å²) in [7, 11) is 0. The molecule has 0 aliphatic rings. The van der Waals surface area contributed by atoms with Gasteiger partial charge in [0.25, 0.3) is 0 Å². The van der Waals surface area contributed by atoms with Crippen LogP contribution in [0.1, 0.15) is 52.6 Å². The Balaban J connectivity index is 2.50. The Labute approximate surface area is 148 Å². The van der Waals surface area contributed by atoms with Crippen molar-refractivity contribution >= 4 is 22.0 Å². The van der Waals surface area contributed by atoms with Gasteiger partial charge < -0.3 is 15.0 Å². The van der Waals surface area contributed by atoms with Crippen LogP contribution in [0.5, 0.6) is 0 Å². The van der Waals surface area contributed by atoms with Crippen molar-refractivity contribution in [3.8, 4) is 0 Å². The Bertz CT molecular complexity index is 500. The standard InChI is InChI=1S/C18H29BrN2O2/c1-6-11-21(17(22)23-18(3,4)5)12-10-20-14(2)15-8-7-9-16(19)13-15/h7-9,13-14,20H,6,10-12H2,1-5H3. The Morgan fingerprint density at radius 3 is 2.61 bits per heavy atom. The van der Waals surface area contributed by atoms with E-state index in [1.165, 1.54) is 5.56 Å². The number of hydrogen-bond donors (Lipinski definition) is 1. The van der Waals surface area contributed by atoms with Crippen LogP contribution in [-0.4, -0.2) is 36.2 Å². The molecule has 0 aromatic heterocycles. The third-order valence-corrected chi connectivity index (χ3v) is 3.82. The normalized spacial score (nSPS) is 12.8. The van der Waals surface area contributed by atoms with E-state index in [2.05, 4.69) is 47.2 Å². The summed E-state index contributed by atoms with van der Waals surface area (Å²) in [4.78, 5) is 14.0. The fourth-order valence-corrected chi connectivity index (χ4v) is 2.62. The number of hydrogen-bond acceptors (Lipinski definition) is 3. The molecule has 0 heterocycles. The monoisotopic (exact) mass is 384 g/mol. The summed E-state index contributed by atoms with van der Waals surface area (Å²) in [5.74, 6) is 0. The zero-order valence-electron chi connectivity index (χ0n) is 14.9. The molecule has 0 spiro atoms. The van der Waals surface area contributed by atoms with Gasteiger partial charge in [-0.3, -0.25) is 0 Å². The highest BCUT2D eigenvalue weighted by molar-refractivity contribution is 9.10. The number of benzene rings is 1. The van der Waals surface area contributed by atoms with Crippen molar-refractivity contribution in [3.63, 3.8) is 0 Å². The van der Waals surface area contributed by atoms with Gasteiger partial charge in [-0.2, -0.15) is 0 Å². The highest BCUT2D eigenvalue weighted by atomic mass is 79.9. The predicted octanol–water partition coefficient (Wildman–Crippen LogP) is 4.75. The van der Waals surface area contributed by atoms with Crippen LogP contribution in [0.25, 0.3) is 0 Å². The minimum absolute atomic E-state index is 0.231. The van der Waals surface area contributed by atoms with Gasteiger partial charge in [0, 0.05) is 30.1 Å². The number of carbonyl (C=O) groups excluding carboxylic acids is 1. The van der Waals surface area contributed by atoms with E-state index in [0.717, 1.165) is 17.4 Å². The van der Waals surface area contributed by atoms with E-state index in [4.69, 9.17) is 4.74 Å². The van der Waals surface area contributed by atoms with Crippen molar-refractivity contribution in [2.75, 3.05) is 19.6 Å². The van der Waals surface area contributed by atoms with Crippen LogP contribution in [0.4, 0.5) is 4.79 Å². The second kappa shape index (κ2) is 9.28. The topological polar surface area (TPSA) is 41.6 Å². The second-order valence-corrected chi connectivity index (χ2v) is 7.61. The van der Waals surface area contributed by atoms with Crippen LogP contribution in [0, 0.1) is 0 Å². The summed E-state index contributed by atoms with van der Waals surface area (Å²) in [6.07, 6.45) is 0.678. The van der Waals surface area contributed by atoms with Crippen LogP contribution in [0.15, 0.2) is 28.7 Å². The van der Waals surface area contributed by atoms with Gasteiger partial charge in [0.1, 0.15) is 5.60 Å². The number of nitrogens with one attached hydrogen (secondary N) is 1. The lowest BCUT2D eigenvalue weighted by atomic mass is 10.1. The summed E-state index contributed by atoms with van der Waals surface area (Å²) in [5, 5.41) is 3.46. The summed E-state index contributed by atoms with van der Waals surface area (Å²) < 4.78 is 6.54. The van der Waals surface area contributed by atoms with E-state index in [0.29, 0.717) is 13.1 Å². The lowest BCUT2D eigenvalue weighted by molar-refractivity contribution is 0.0251. The molecule has 1 aromatic carbocycles. The smallest absolute Gasteiger partial charge is 0.410 e. The molecule has 23 heavy (non-hydrogen) atoms. The molecule has 1 rings (SSSR count). The molecule has 0 aliphatic heterocycles. The SMILES string of the molecule is CCCN(CCNC(C)c1cccc(Br)c1)C(=O)OC(C)(C)C. The number of ether oxygens (including phenoxy) is 1. The minimum atomic E-state index is -0.458. The molecular formula is C18H29BrN2O2. The van der Waals surface area contributed by atoms with Gasteiger partial charge in [-0.15, -0.1) is 0 Å². The van der Waals surface area contributed by atoms with Crippen LogP contribution >= 0.6 is 15.9 Å². The highest BCUT2D eigenvalue weighted by Gasteiger charge is 2.21. The van der Waals surface area contributed by atoms with Crippen LogP contribution < -0.4 is 5.32 Å². The molecule has 1 atom stereocenters. The lowest BCUT2D eigenvalue weighted by Crippen LogP contribution is -2.41. The van der Waals surface area contributed by atoms with E-state index >= 15 is 0 Å². The van der Waals surface area contributed by atoms with E-state index in [1.807, 2.05) is 32.9 Å². The average Bonchev–Trinajstić information content (AvgIpc) is 2.44. The van der Waals surface area contributed by atoms with Gasteiger partial charge in [0.2, 0.25) is 0 Å². The second-order valence-electron chi connectivity index (χ2n) is 6.70. The third-order valence-electron chi connectivity index (χ3n) is 3.33. The first-order valence-corrected chi connectivity index (χ1v) is 8.99. The molecule has 0 saturated heterocycles. The molecule has 0 bridgehead atoms. The quantitative estimate of drug-likeness (QED) is 0.737. The molecule has 1 unspecified atom stereocenters. The Hall–Kier alpha value is -1.07. The van der Waals surface area contributed by atoms with E-state index < -0.39 is 5.60 Å². The van der Waals surface area contributed by atoms with Gasteiger partial charge in [-0.1, -0.05) is 35.0 Å². The maximum absolute atomic E-state index is 12.2. The third kappa shape index (κ3) is 7.84. The summed E-state index contributed by atoms with van der Waals surface area (Å²) in [5.41, 5.74) is 0.763. The summed E-state index contributed by atoms with van der Waals surface area (Å²) in [6, 6.07) is 8.48. The van der Waals surface area contributed by atoms with Gasteiger partial charge in [0.15, 0.2) is 0 Å². The number of halogens is 1.